The van der Waals surface area contributed by atoms with Gasteiger partial charge < -0.3 is 4.90 Å². The number of fused-ring (bicyclic) bond motifs is 2. The molecule has 0 fully saturated rings. The summed E-state index contributed by atoms with van der Waals surface area (Å²) in [6, 6.07) is 17.4. The molecule has 5 rings (SSSR count). The van der Waals surface area contributed by atoms with Crippen LogP contribution in [0.25, 0.3) is 17.2 Å². The van der Waals surface area contributed by atoms with Crippen molar-refractivity contribution in [3.05, 3.63) is 78.1 Å². The van der Waals surface area contributed by atoms with Crippen LogP contribution in [0.1, 0.15) is 15.9 Å². The number of anilines is 1. The third-order valence-electron chi connectivity index (χ3n) is 4.71. The molecule has 0 saturated carbocycles. The lowest BCUT2D eigenvalue weighted by molar-refractivity contribution is 0.0989. The number of hydrogen-bond donors (Lipinski definition) is 0. The van der Waals surface area contributed by atoms with E-state index >= 15 is 0 Å². The number of rotatable bonds is 2. The van der Waals surface area contributed by atoms with Gasteiger partial charge in [-0.25, -0.2) is 4.98 Å². The normalized spacial score (nSPS) is 13.2. The van der Waals surface area contributed by atoms with Crippen LogP contribution in [0.4, 0.5) is 5.69 Å². The molecule has 2 aromatic heterocycles. The zero-order chi connectivity index (χ0) is 17.5. The summed E-state index contributed by atoms with van der Waals surface area (Å²) in [6.07, 6.45) is 4.46. The number of aromatic nitrogens is 4. The Labute approximate surface area is 149 Å². The molecule has 126 valence electrons. The van der Waals surface area contributed by atoms with E-state index in [-0.39, 0.29) is 5.91 Å². The van der Waals surface area contributed by atoms with Crippen molar-refractivity contribution in [2.45, 2.75) is 6.42 Å². The molecule has 1 aliphatic heterocycles. The van der Waals surface area contributed by atoms with Crippen molar-refractivity contribution in [3.63, 3.8) is 0 Å². The van der Waals surface area contributed by atoms with Crippen LogP contribution in [-0.4, -0.2) is 32.0 Å². The highest BCUT2D eigenvalue weighted by Gasteiger charge is 2.25. The van der Waals surface area contributed by atoms with Gasteiger partial charge >= 0.3 is 0 Å². The minimum atomic E-state index is 0.0225. The number of benzene rings is 2. The molecule has 2 aromatic carbocycles. The van der Waals surface area contributed by atoms with Gasteiger partial charge in [-0.15, -0.1) is 10.2 Å². The molecule has 1 amide bonds. The average molecular weight is 341 g/mol. The number of carbonyl (C=O) groups is 1. The molecule has 0 N–H and O–H groups in total. The molecule has 6 nitrogen and oxygen atoms in total. The van der Waals surface area contributed by atoms with Crippen LogP contribution in [0.2, 0.25) is 0 Å². The number of nitrogens with zero attached hydrogens (tertiary/aromatic N) is 5. The Balaban J connectivity index is 1.46. The molecule has 3 heterocycles. The lowest BCUT2D eigenvalue weighted by atomic mass is 10.1. The SMILES string of the molecule is O=C(c1ccc(-c2nnc3ncccn23)cc1)N1CCc2ccccc21. The summed E-state index contributed by atoms with van der Waals surface area (Å²) in [6.45, 7) is 0.723. The Morgan fingerprint density at radius 2 is 1.81 bits per heavy atom. The van der Waals surface area contributed by atoms with Gasteiger partial charge in [0.15, 0.2) is 5.82 Å². The third-order valence-corrected chi connectivity index (χ3v) is 4.71. The fourth-order valence-corrected chi connectivity index (χ4v) is 3.41. The van der Waals surface area contributed by atoms with E-state index < -0.39 is 0 Å². The van der Waals surface area contributed by atoms with Gasteiger partial charge in [0.05, 0.1) is 0 Å². The van der Waals surface area contributed by atoms with Gasteiger partial charge in [-0.2, -0.15) is 0 Å². The van der Waals surface area contributed by atoms with Gasteiger partial charge in [-0.3, -0.25) is 9.20 Å². The van der Waals surface area contributed by atoms with E-state index in [0.29, 0.717) is 17.2 Å². The smallest absolute Gasteiger partial charge is 0.258 e. The highest BCUT2D eigenvalue weighted by molar-refractivity contribution is 6.07. The summed E-state index contributed by atoms with van der Waals surface area (Å²) in [7, 11) is 0. The number of para-hydroxylation sites is 1. The van der Waals surface area contributed by atoms with Crippen molar-refractivity contribution in [1.29, 1.82) is 0 Å². The van der Waals surface area contributed by atoms with Crippen LogP contribution < -0.4 is 4.90 Å². The maximum absolute atomic E-state index is 12.9. The first kappa shape index (κ1) is 14.8. The summed E-state index contributed by atoms with van der Waals surface area (Å²) in [4.78, 5) is 18.9. The molecular formula is C20H15N5O. The second-order valence-corrected chi connectivity index (χ2v) is 6.23. The van der Waals surface area contributed by atoms with E-state index in [4.69, 9.17) is 0 Å². The third kappa shape index (κ3) is 2.27. The van der Waals surface area contributed by atoms with Crippen molar-refractivity contribution in [3.8, 4) is 11.4 Å². The van der Waals surface area contributed by atoms with Crippen LogP contribution in [0.3, 0.4) is 0 Å². The van der Waals surface area contributed by atoms with Crippen molar-refractivity contribution in [2.75, 3.05) is 11.4 Å². The zero-order valence-corrected chi connectivity index (χ0v) is 13.9. The van der Waals surface area contributed by atoms with E-state index in [9.17, 15) is 4.79 Å². The van der Waals surface area contributed by atoms with Crippen molar-refractivity contribution in [1.82, 2.24) is 19.6 Å². The molecular weight excluding hydrogens is 326 g/mol. The first-order chi connectivity index (χ1) is 12.8. The van der Waals surface area contributed by atoms with Gasteiger partial charge in [0.2, 0.25) is 0 Å². The summed E-state index contributed by atoms with van der Waals surface area (Å²) in [5, 5.41) is 8.27. The van der Waals surface area contributed by atoms with E-state index in [2.05, 4.69) is 21.2 Å². The monoisotopic (exact) mass is 341 g/mol. The number of amides is 1. The summed E-state index contributed by atoms with van der Waals surface area (Å²) >= 11 is 0. The predicted molar refractivity (Wildman–Crippen MR) is 98.0 cm³/mol. The first-order valence-corrected chi connectivity index (χ1v) is 8.47. The minimum absolute atomic E-state index is 0.0225. The Morgan fingerprint density at radius 1 is 0.962 bits per heavy atom. The lowest BCUT2D eigenvalue weighted by Crippen LogP contribution is -2.28. The summed E-state index contributed by atoms with van der Waals surface area (Å²) < 4.78 is 1.83. The van der Waals surface area contributed by atoms with Gasteiger partial charge in [0.1, 0.15) is 0 Å². The van der Waals surface area contributed by atoms with Gasteiger partial charge in [-0.05, 0) is 36.2 Å². The van der Waals surface area contributed by atoms with E-state index in [1.165, 1.54) is 5.56 Å². The molecule has 26 heavy (non-hydrogen) atoms. The topological polar surface area (TPSA) is 63.4 Å². The summed E-state index contributed by atoms with van der Waals surface area (Å²) in [5.41, 5.74) is 3.79. The fourth-order valence-electron chi connectivity index (χ4n) is 3.41. The van der Waals surface area contributed by atoms with Gasteiger partial charge in [0.25, 0.3) is 11.7 Å². The molecule has 0 bridgehead atoms. The van der Waals surface area contributed by atoms with Crippen LogP contribution in [-0.2, 0) is 6.42 Å². The molecule has 0 atom stereocenters. The molecule has 0 saturated heterocycles. The van der Waals surface area contributed by atoms with E-state index in [0.717, 1.165) is 24.2 Å². The average Bonchev–Trinajstić information content (AvgIpc) is 3.32. The Bertz CT molecular complexity index is 1120. The van der Waals surface area contributed by atoms with Crippen LogP contribution >= 0.6 is 0 Å². The second kappa shape index (κ2) is 5.77. The minimum Gasteiger partial charge on any atom is -0.308 e. The first-order valence-electron chi connectivity index (χ1n) is 8.47. The molecule has 0 spiro atoms. The van der Waals surface area contributed by atoms with Crippen LogP contribution in [0, 0.1) is 0 Å². The van der Waals surface area contributed by atoms with Gasteiger partial charge in [0, 0.05) is 35.8 Å². The highest BCUT2D eigenvalue weighted by atomic mass is 16.2. The highest BCUT2D eigenvalue weighted by Crippen LogP contribution is 2.29. The predicted octanol–water partition coefficient (Wildman–Crippen LogP) is 2.99. The Kier molecular flexibility index (Phi) is 3.28. The quantitative estimate of drug-likeness (QED) is 0.562. The maximum Gasteiger partial charge on any atom is 0.258 e. The fraction of sp³-hybridized carbons (Fsp3) is 0.100. The molecule has 0 aliphatic carbocycles. The number of hydrogen-bond acceptors (Lipinski definition) is 4. The zero-order valence-electron chi connectivity index (χ0n) is 13.9. The van der Waals surface area contributed by atoms with Crippen molar-refractivity contribution >= 4 is 17.4 Å². The van der Waals surface area contributed by atoms with Crippen LogP contribution in [0.5, 0.6) is 0 Å². The van der Waals surface area contributed by atoms with Crippen molar-refractivity contribution < 1.29 is 4.79 Å². The number of carbonyl (C=O) groups excluding carboxylic acids is 1. The Hall–Kier alpha value is -3.54. The molecule has 0 radical (unpaired) electrons. The molecule has 6 heteroatoms. The lowest BCUT2D eigenvalue weighted by Gasteiger charge is -2.17. The van der Waals surface area contributed by atoms with E-state index in [1.54, 1.807) is 6.20 Å². The summed E-state index contributed by atoms with van der Waals surface area (Å²) in [5.74, 6) is 1.28. The second-order valence-electron chi connectivity index (χ2n) is 6.23. The largest absolute Gasteiger partial charge is 0.308 e. The van der Waals surface area contributed by atoms with E-state index in [1.807, 2.05) is 64.0 Å². The molecule has 1 aliphatic rings. The van der Waals surface area contributed by atoms with Crippen LogP contribution in [0.15, 0.2) is 67.0 Å². The Morgan fingerprint density at radius 3 is 2.69 bits per heavy atom. The standard InChI is InChI=1S/C20H15N5O/c26-19(24-13-10-14-4-1-2-5-17(14)24)16-8-6-15(7-9-16)18-22-23-20-21-11-3-12-25(18)20/h1-9,11-12H,10,13H2. The molecule has 0 unspecified atom stereocenters. The molecule has 4 aromatic rings. The van der Waals surface area contributed by atoms with Gasteiger partial charge in [-0.1, -0.05) is 30.3 Å². The maximum atomic E-state index is 12.9. The van der Waals surface area contributed by atoms with Crippen molar-refractivity contribution in [2.24, 2.45) is 0 Å².